The average molecular weight is 461 g/mol. The first kappa shape index (κ1) is 24.2. The van der Waals surface area contributed by atoms with Gasteiger partial charge in [0.15, 0.2) is 0 Å². The lowest BCUT2D eigenvalue weighted by atomic mass is 9.62. The summed E-state index contributed by atoms with van der Waals surface area (Å²) in [6.45, 7) is 8.16. The molecule has 0 spiro atoms. The zero-order valence-corrected chi connectivity index (χ0v) is 20.8. The van der Waals surface area contributed by atoms with Gasteiger partial charge in [-0.05, 0) is 54.4 Å². The van der Waals surface area contributed by atoms with Crippen LogP contribution in [0.25, 0.3) is 0 Å². The van der Waals surface area contributed by atoms with E-state index < -0.39 is 16.9 Å². The monoisotopic (exact) mass is 460 g/mol. The first-order valence-corrected chi connectivity index (χ1v) is 12.5. The molecule has 2 aromatic rings. The van der Waals surface area contributed by atoms with Crippen molar-refractivity contribution in [3.63, 3.8) is 0 Å². The summed E-state index contributed by atoms with van der Waals surface area (Å²) in [6, 6.07) is 16.6. The van der Waals surface area contributed by atoms with Crippen molar-refractivity contribution in [1.29, 1.82) is 0 Å². The molecule has 0 aromatic heterocycles. The van der Waals surface area contributed by atoms with Crippen molar-refractivity contribution >= 4 is 23.4 Å². The molecule has 2 fully saturated rings. The molecule has 5 nitrogen and oxygen atoms in total. The number of aryl methyl sites for hydroxylation is 1. The Morgan fingerprint density at radius 3 is 2.35 bits per heavy atom. The first-order valence-electron chi connectivity index (χ1n) is 12.5. The largest absolute Gasteiger partial charge is 0.324 e. The second-order valence-corrected chi connectivity index (χ2v) is 10.7. The minimum atomic E-state index is -0.891. The zero-order valence-electron chi connectivity index (χ0n) is 20.8. The van der Waals surface area contributed by atoms with Gasteiger partial charge < -0.3 is 5.32 Å². The van der Waals surface area contributed by atoms with Crippen LogP contribution in [0.15, 0.2) is 54.6 Å². The molecule has 34 heavy (non-hydrogen) atoms. The van der Waals surface area contributed by atoms with E-state index >= 15 is 0 Å². The maximum atomic E-state index is 13.8. The van der Waals surface area contributed by atoms with Gasteiger partial charge in [-0.3, -0.25) is 19.3 Å². The Bertz CT molecular complexity index is 1060. The fraction of sp³-hybridized carbons (Fsp3) is 0.483. The highest BCUT2D eigenvalue weighted by atomic mass is 16.2. The molecule has 1 aliphatic heterocycles. The second kappa shape index (κ2) is 9.36. The highest BCUT2D eigenvalue weighted by molar-refractivity contribution is 6.09. The fourth-order valence-electron chi connectivity index (χ4n) is 5.64. The molecule has 3 amide bonds. The number of nitrogens with zero attached hydrogens (tertiary/aromatic N) is 1. The number of carbonyl (C=O) groups excluding carboxylic acids is 3. The third-order valence-electron chi connectivity index (χ3n) is 8.38. The van der Waals surface area contributed by atoms with Gasteiger partial charge in [0.2, 0.25) is 17.7 Å². The van der Waals surface area contributed by atoms with Gasteiger partial charge in [0.25, 0.3) is 0 Å². The van der Waals surface area contributed by atoms with Crippen LogP contribution in [-0.2, 0) is 27.2 Å². The van der Waals surface area contributed by atoms with E-state index in [0.717, 1.165) is 24.8 Å². The van der Waals surface area contributed by atoms with Gasteiger partial charge in [-0.15, -0.1) is 0 Å². The SMILES string of the molecule is CCCCc1ccc(NC(=O)C(Cc2ccccc2)N2C(=O)C3CCC(C)(C2=O)C3(C)C)cc1. The number of imide groups is 1. The molecule has 1 N–H and O–H groups in total. The molecule has 5 heteroatoms. The maximum Gasteiger partial charge on any atom is 0.248 e. The molecule has 1 saturated carbocycles. The van der Waals surface area contributed by atoms with Crippen LogP contribution in [-0.4, -0.2) is 28.7 Å². The van der Waals surface area contributed by atoms with Crippen LogP contribution in [0, 0.1) is 16.7 Å². The summed E-state index contributed by atoms with van der Waals surface area (Å²) in [5.41, 5.74) is 1.76. The third kappa shape index (κ3) is 4.17. The molecule has 4 rings (SSSR count). The topological polar surface area (TPSA) is 66.5 Å². The van der Waals surface area contributed by atoms with Crippen molar-refractivity contribution in [3.05, 3.63) is 65.7 Å². The quantitative estimate of drug-likeness (QED) is 0.537. The summed E-state index contributed by atoms with van der Waals surface area (Å²) < 4.78 is 0. The summed E-state index contributed by atoms with van der Waals surface area (Å²) in [5, 5.41) is 2.98. The zero-order chi connectivity index (χ0) is 24.5. The molecule has 2 aliphatic rings. The molecule has 2 aromatic carbocycles. The van der Waals surface area contributed by atoms with E-state index in [1.165, 1.54) is 10.5 Å². The number of unbranched alkanes of at least 4 members (excludes halogenated alkanes) is 1. The highest BCUT2D eigenvalue weighted by Crippen LogP contribution is 2.60. The van der Waals surface area contributed by atoms with Crippen LogP contribution in [0.3, 0.4) is 0 Å². The number of carbonyl (C=O) groups is 3. The van der Waals surface area contributed by atoms with E-state index in [-0.39, 0.29) is 23.6 Å². The van der Waals surface area contributed by atoms with E-state index in [2.05, 4.69) is 12.2 Å². The van der Waals surface area contributed by atoms with Gasteiger partial charge >= 0.3 is 0 Å². The number of amides is 3. The number of nitrogens with one attached hydrogen (secondary N) is 1. The van der Waals surface area contributed by atoms with Gasteiger partial charge in [0.05, 0.1) is 5.41 Å². The number of hydrogen-bond acceptors (Lipinski definition) is 3. The Kier molecular flexibility index (Phi) is 6.66. The summed E-state index contributed by atoms with van der Waals surface area (Å²) >= 11 is 0. The lowest BCUT2D eigenvalue weighted by Crippen LogP contribution is -2.64. The summed E-state index contributed by atoms with van der Waals surface area (Å²) in [7, 11) is 0. The molecule has 1 saturated heterocycles. The lowest BCUT2D eigenvalue weighted by molar-refractivity contribution is -0.172. The third-order valence-corrected chi connectivity index (χ3v) is 8.38. The molecule has 1 heterocycles. The van der Waals surface area contributed by atoms with Gasteiger partial charge in [0, 0.05) is 18.0 Å². The van der Waals surface area contributed by atoms with Gasteiger partial charge in [-0.2, -0.15) is 0 Å². The highest BCUT2D eigenvalue weighted by Gasteiger charge is 2.65. The molecule has 180 valence electrons. The summed E-state index contributed by atoms with van der Waals surface area (Å²) in [6.07, 6.45) is 4.92. The Labute approximate surface area is 202 Å². The van der Waals surface area contributed by atoms with E-state index in [4.69, 9.17) is 0 Å². The predicted molar refractivity (Wildman–Crippen MR) is 134 cm³/mol. The van der Waals surface area contributed by atoms with Crippen LogP contribution in [0.2, 0.25) is 0 Å². The van der Waals surface area contributed by atoms with E-state index in [0.29, 0.717) is 24.9 Å². The van der Waals surface area contributed by atoms with Crippen LogP contribution < -0.4 is 5.32 Å². The van der Waals surface area contributed by atoms with Crippen molar-refractivity contribution < 1.29 is 14.4 Å². The van der Waals surface area contributed by atoms with Crippen molar-refractivity contribution in [2.75, 3.05) is 5.32 Å². The molecule has 2 bridgehead atoms. The van der Waals surface area contributed by atoms with Crippen LogP contribution >= 0.6 is 0 Å². The van der Waals surface area contributed by atoms with Crippen molar-refractivity contribution in [3.8, 4) is 0 Å². The minimum Gasteiger partial charge on any atom is -0.324 e. The number of fused-ring (bicyclic) bond motifs is 2. The number of anilines is 1. The first-order chi connectivity index (χ1) is 16.2. The van der Waals surface area contributed by atoms with Crippen molar-refractivity contribution in [1.82, 2.24) is 4.90 Å². The van der Waals surface area contributed by atoms with Crippen LogP contribution in [0.1, 0.15) is 64.5 Å². The number of hydrogen-bond donors (Lipinski definition) is 1. The maximum absolute atomic E-state index is 13.8. The van der Waals surface area contributed by atoms with Crippen molar-refractivity contribution in [2.24, 2.45) is 16.7 Å². The van der Waals surface area contributed by atoms with Gasteiger partial charge in [0.1, 0.15) is 6.04 Å². The van der Waals surface area contributed by atoms with Crippen LogP contribution in [0.5, 0.6) is 0 Å². The fourth-order valence-corrected chi connectivity index (χ4v) is 5.64. The second-order valence-electron chi connectivity index (χ2n) is 10.7. The molecular formula is C29H36N2O3. The summed E-state index contributed by atoms with van der Waals surface area (Å²) in [5.74, 6) is -1.01. The average Bonchev–Trinajstić information content (AvgIpc) is 3.01. The predicted octanol–water partition coefficient (Wildman–Crippen LogP) is 5.39. The van der Waals surface area contributed by atoms with Crippen LogP contribution in [0.4, 0.5) is 5.69 Å². The Morgan fingerprint density at radius 2 is 1.71 bits per heavy atom. The number of benzene rings is 2. The molecule has 1 aliphatic carbocycles. The van der Waals surface area contributed by atoms with E-state index in [1.54, 1.807) is 0 Å². The van der Waals surface area contributed by atoms with E-state index in [9.17, 15) is 14.4 Å². The normalized spacial score (nSPS) is 24.2. The van der Waals surface area contributed by atoms with Gasteiger partial charge in [-0.25, -0.2) is 0 Å². The Balaban J connectivity index is 1.63. The van der Waals surface area contributed by atoms with Gasteiger partial charge in [-0.1, -0.05) is 76.6 Å². The molecule has 0 radical (unpaired) electrons. The Morgan fingerprint density at radius 1 is 1.03 bits per heavy atom. The summed E-state index contributed by atoms with van der Waals surface area (Å²) in [4.78, 5) is 42.3. The lowest BCUT2D eigenvalue weighted by Gasteiger charge is -2.49. The van der Waals surface area contributed by atoms with E-state index in [1.807, 2.05) is 75.4 Å². The number of rotatable bonds is 8. The minimum absolute atomic E-state index is 0.212. The van der Waals surface area contributed by atoms with Crippen molar-refractivity contribution in [2.45, 2.75) is 72.3 Å². The number of likely N-dealkylation sites (tertiary alicyclic amines) is 1. The smallest absolute Gasteiger partial charge is 0.248 e. The number of piperidine rings is 1. The molecular weight excluding hydrogens is 424 g/mol. The standard InChI is InChI=1S/C29H36N2O3/c1-5-6-10-20-13-15-22(16-14-20)30-25(32)24(19-21-11-8-7-9-12-21)31-26(33)23-17-18-29(4,27(31)34)28(23,2)3/h7-9,11-16,23-24H,5-6,10,17-19H2,1-4H3,(H,30,32). The molecule has 3 unspecified atom stereocenters. The molecule has 3 atom stereocenters. The Hall–Kier alpha value is -2.95.